The highest BCUT2D eigenvalue weighted by Crippen LogP contribution is 2.33. The fourth-order valence-electron chi connectivity index (χ4n) is 4.35. The van der Waals surface area contributed by atoms with Crippen molar-refractivity contribution in [1.82, 2.24) is 10.2 Å². The molecule has 0 radical (unpaired) electrons. The fourth-order valence-corrected chi connectivity index (χ4v) is 6.26. The first-order valence-corrected chi connectivity index (χ1v) is 16.0. The van der Waals surface area contributed by atoms with Crippen LogP contribution >= 0.6 is 23.2 Å². The van der Waals surface area contributed by atoms with E-state index in [0.717, 1.165) is 4.31 Å². The summed E-state index contributed by atoms with van der Waals surface area (Å²) in [6, 6.07) is 18.5. The number of ether oxygens (including phenoxy) is 1. The third-order valence-corrected chi connectivity index (χ3v) is 8.83. The van der Waals surface area contributed by atoms with E-state index in [2.05, 4.69) is 5.32 Å². The lowest BCUT2D eigenvalue weighted by Crippen LogP contribution is -2.52. The molecule has 42 heavy (non-hydrogen) atoms. The molecule has 0 aliphatic heterocycles. The number of nitrogens with one attached hydrogen (secondary N) is 1. The summed E-state index contributed by atoms with van der Waals surface area (Å²) in [7, 11) is -4.22. The number of benzene rings is 3. The van der Waals surface area contributed by atoms with Gasteiger partial charge in [-0.1, -0.05) is 80.4 Å². The lowest BCUT2D eigenvalue weighted by molar-refractivity contribution is -0.140. The van der Waals surface area contributed by atoms with Crippen molar-refractivity contribution in [3.8, 4) is 5.75 Å². The van der Waals surface area contributed by atoms with E-state index in [4.69, 9.17) is 27.9 Å². The van der Waals surface area contributed by atoms with E-state index in [0.29, 0.717) is 40.9 Å². The van der Waals surface area contributed by atoms with Crippen LogP contribution in [-0.2, 0) is 26.2 Å². The molecular formula is C31H37Cl2N3O5S. The van der Waals surface area contributed by atoms with E-state index in [1.165, 1.54) is 17.0 Å². The molecule has 1 N–H and O–H groups in total. The zero-order valence-corrected chi connectivity index (χ0v) is 26.5. The van der Waals surface area contributed by atoms with E-state index < -0.39 is 28.5 Å². The molecule has 0 saturated heterocycles. The first-order chi connectivity index (χ1) is 20.0. The minimum absolute atomic E-state index is 0.0121. The Kier molecular flexibility index (Phi) is 12.1. The van der Waals surface area contributed by atoms with Gasteiger partial charge in [-0.15, -0.1) is 0 Å². The zero-order valence-electron chi connectivity index (χ0n) is 24.2. The number of carbonyl (C=O) groups is 2. The molecule has 11 heteroatoms. The molecule has 0 heterocycles. The quantitative estimate of drug-likeness (QED) is 0.229. The van der Waals surface area contributed by atoms with Gasteiger partial charge in [0.25, 0.3) is 10.0 Å². The molecule has 0 aliphatic carbocycles. The molecule has 0 saturated carbocycles. The SMILES string of the molecule is CCOc1ccccc1N(CC(=O)N(Cc1ccc(Cl)cc1Cl)C(CC)C(=O)NCC(C)C)S(=O)(=O)c1ccccc1. The van der Waals surface area contributed by atoms with Gasteiger partial charge in [0.05, 0.1) is 17.2 Å². The lowest BCUT2D eigenvalue weighted by atomic mass is 10.1. The maximum Gasteiger partial charge on any atom is 0.264 e. The molecule has 1 atom stereocenters. The van der Waals surface area contributed by atoms with Gasteiger partial charge in [-0.3, -0.25) is 13.9 Å². The van der Waals surface area contributed by atoms with E-state index in [1.807, 2.05) is 13.8 Å². The summed E-state index contributed by atoms with van der Waals surface area (Å²) in [5, 5.41) is 3.66. The molecule has 226 valence electrons. The Morgan fingerprint density at radius 1 is 0.952 bits per heavy atom. The number of hydrogen-bond donors (Lipinski definition) is 1. The Labute approximate surface area is 258 Å². The fraction of sp³-hybridized carbons (Fsp3) is 0.355. The van der Waals surface area contributed by atoms with Gasteiger partial charge in [-0.05, 0) is 61.2 Å². The topological polar surface area (TPSA) is 96.0 Å². The molecule has 8 nitrogen and oxygen atoms in total. The van der Waals surface area contributed by atoms with Crippen molar-refractivity contribution in [2.45, 2.75) is 51.6 Å². The van der Waals surface area contributed by atoms with Gasteiger partial charge in [-0.25, -0.2) is 8.42 Å². The second-order valence-electron chi connectivity index (χ2n) is 10.0. The number of rotatable bonds is 14. The molecule has 0 fully saturated rings. The normalized spacial score (nSPS) is 12.1. The van der Waals surface area contributed by atoms with Crippen LogP contribution in [0.15, 0.2) is 77.7 Å². The second-order valence-corrected chi connectivity index (χ2v) is 12.8. The molecule has 3 aromatic carbocycles. The minimum atomic E-state index is -4.22. The van der Waals surface area contributed by atoms with Gasteiger partial charge in [-0.2, -0.15) is 0 Å². The number of anilines is 1. The Morgan fingerprint density at radius 2 is 1.62 bits per heavy atom. The van der Waals surface area contributed by atoms with Crippen molar-refractivity contribution in [1.29, 1.82) is 0 Å². The van der Waals surface area contributed by atoms with Crippen LogP contribution in [0.5, 0.6) is 5.75 Å². The van der Waals surface area contributed by atoms with E-state index >= 15 is 0 Å². The maximum absolute atomic E-state index is 14.2. The van der Waals surface area contributed by atoms with Gasteiger partial charge in [0.2, 0.25) is 11.8 Å². The third-order valence-electron chi connectivity index (χ3n) is 6.47. The molecule has 0 aromatic heterocycles. The van der Waals surface area contributed by atoms with Gasteiger partial charge in [0.15, 0.2) is 0 Å². The van der Waals surface area contributed by atoms with Crippen molar-refractivity contribution >= 4 is 50.7 Å². The molecule has 1 unspecified atom stereocenters. The highest BCUT2D eigenvalue weighted by Gasteiger charge is 2.35. The molecule has 2 amide bonds. The van der Waals surface area contributed by atoms with Crippen molar-refractivity contribution in [2.75, 3.05) is 24.0 Å². The van der Waals surface area contributed by atoms with Crippen LogP contribution in [0.4, 0.5) is 5.69 Å². The predicted molar refractivity (Wildman–Crippen MR) is 168 cm³/mol. The zero-order chi connectivity index (χ0) is 30.9. The van der Waals surface area contributed by atoms with Gasteiger partial charge < -0.3 is 15.0 Å². The molecule has 3 rings (SSSR count). The summed E-state index contributed by atoms with van der Waals surface area (Å²) in [6.45, 7) is 7.63. The average Bonchev–Trinajstić information content (AvgIpc) is 2.96. The van der Waals surface area contributed by atoms with Crippen molar-refractivity contribution in [2.24, 2.45) is 5.92 Å². The molecule has 0 aliphatic rings. The van der Waals surface area contributed by atoms with E-state index in [1.54, 1.807) is 74.5 Å². The van der Waals surface area contributed by atoms with Crippen molar-refractivity contribution in [3.05, 3.63) is 88.4 Å². The van der Waals surface area contributed by atoms with Crippen molar-refractivity contribution in [3.63, 3.8) is 0 Å². The number of para-hydroxylation sites is 2. The first kappa shape index (κ1) is 33.2. The summed E-state index contributed by atoms with van der Waals surface area (Å²) >= 11 is 12.6. The average molecular weight is 635 g/mol. The van der Waals surface area contributed by atoms with Gasteiger partial charge >= 0.3 is 0 Å². The summed E-state index contributed by atoms with van der Waals surface area (Å²) in [4.78, 5) is 29.0. The summed E-state index contributed by atoms with van der Waals surface area (Å²) in [6.07, 6.45) is 0.293. The lowest BCUT2D eigenvalue weighted by Gasteiger charge is -2.34. The van der Waals surface area contributed by atoms with E-state index in [9.17, 15) is 18.0 Å². The second kappa shape index (κ2) is 15.3. The first-order valence-electron chi connectivity index (χ1n) is 13.8. The van der Waals surface area contributed by atoms with E-state index in [-0.39, 0.29) is 29.0 Å². The van der Waals surface area contributed by atoms with Crippen LogP contribution in [0.25, 0.3) is 0 Å². The van der Waals surface area contributed by atoms with Gasteiger partial charge in [0, 0.05) is 23.1 Å². The van der Waals surface area contributed by atoms with Crippen LogP contribution < -0.4 is 14.4 Å². The maximum atomic E-state index is 14.2. The Morgan fingerprint density at radius 3 is 2.24 bits per heavy atom. The standard InChI is InChI=1S/C31H37Cl2N3O5S/c1-5-27(31(38)34-19-22(3)4)35(20-23-16-17-24(32)18-26(23)33)30(37)21-36(28-14-10-11-15-29(28)41-6-2)42(39,40)25-12-8-7-9-13-25/h7-18,22,27H,5-6,19-21H2,1-4H3,(H,34,38). The summed E-state index contributed by atoms with van der Waals surface area (Å²) in [5.74, 6) is -0.417. The number of sulfonamides is 1. The third kappa shape index (κ3) is 8.40. The van der Waals surface area contributed by atoms with Crippen LogP contribution in [-0.4, -0.2) is 50.9 Å². The van der Waals surface area contributed by atoms with Crippen LogP contribution in [0.2, 0.25) is 10.0 Å². The van der Waals surface area contributed by atoms with Crippen molar-refractivity contribution < 1.29 is 22.7 Å². The number of nitrogens with zero attached hydrogens (tertiary/aromatic N) is 2. The number of carbonyl (C=O) groups excluding carboxylic acids is 2. The van der Waals surface area contributed by atoms with Crippen LogP contribution in [0.1, 0.15) is 39.7 Å². The predicted octanol–water partition coefficient (Wildman–Crippen LogP) is 6.17. The summed E-state index contributed by atoms with van der Waals surface area (Å²) in [5.41, 5.74) is 0.773. The number of amides is 2. The highest BCUT2D eigenvalue weighted by atomic mass is 35.5. The minimum Gasteiger partial charge on any atom is -0.492 e. The Balaban J connectivity index is 2.11. The largest absolute Gasteiger partial charge is 0.492 e. The monoisotopic (exact) mass is 633 g/mol. The number of hydrogen-bond acceptors (Lipinski definition) is 5. The van der Waals surface area contributed by atoms with Crippen LogP contribution in [0.3, 0.4) is 0 Å². The molecular weight excluding hydrogens is 597 g/mol. The smallest absolute Gasteiger partial charge is 0.264 e. The highest BCUT2D eigenvalue weighted by molar-refractivity contribution is 7.92. The summed E-state index contributed by atoms with van der Waals surface area (Å²) < 4.78 is 34.8. The van der Waals surface area contributed by atoms with Gasteiger partial charge in [0.1, 0.15) is 18.3 Å². The van der Waals surface area contributed by atoms with Crippen LogP contribution in [0, 0.1) is 5.92 Å². The molecule has 3 aromatic rings. The number of halogens is 2. The Hall–Kier alpha value is -3.27. The Bertz CT molecular complexity index is 1470. The molecule has 0 bridgehead atoms. The molecule has 0 spiro atoms.